The summed E-state index contributed by atoms with van der Waals surface area (Å²) < 4.78 is 34.0. The molecule has 11 atom stereocenters. The summed E-state index contributed by atoms with van der Waals surface area (Å²) in [6.07, 6.45) is 7.73. The molecule has 1 fully saturated rings. The molecule has 0 saturated heterocycles. The van der Waals surface area contributed by atoms with Gasteiger partial charge in [0.05, 0.1) is 62.7 Å². The number of carboxylic acid groups (broad SMARTS) is 2. The SMILES string of the molecule is CCCC(C)[C@@H](NC(=O)[C@H](NC(=O)C1=C[C@@H](Oc2cc(-c3ccccc3)nc3cc(OC)ccc23)C[C@@H]1C(=O)N[C@@H](CC)C(=O)O)C(C)C)C(=O)OC.CC[C@H](NC(=O)[C@@H]1C[C@@H](Oc2cc(-c3ccccc3)nc3cc(OC)ccc23)C=C1C(=O)N[C@@H](C(=O)N[C@@H](C(=O)OC)C1CCCCC1)C(C)C)C(=O)O. The average molecular weight is 1470 g/mol. The van der Waals surface area contributed by atoms with Crippen LogP contribution in [0.3, 0.4) is 0 Å². The van der Waals surface area contributed by atoms with Crippen molar-refractivity contribution in [3.05, 3.63) is 132 Å². The maximum Gasteiger partial charge on any atom is 0.328 e. The fourth-order valence-corrected chi connectivity index (χ4v) is 13.6. The molecule has 3 aliphatic rings. The number of ether oxygens (including phenoxy) is 6. The van der Waals surface area contributed by atoms with Crippen LogP contribution in [0.25, 0.3) is 44.3 Å². The van der Waals surface area contributed by atoms with E-state index in [1.807, 2.05) is 86.6 Å². The van der Waals surface area contributed by atoms with Crippen LogP contribution in [0, 0.1) is 35.5 Å². The fraction of sp³-hybridized carbons (Fsp3) is 0.457. The number of rotatable bonds is 32. The van der Waals surface area contributed by atoms with E-state index in [4.69, 9.17) is 38.4 Å². The van der Waals surface area contributed by atoms with Gasteiger partial charge in [-0.15, -0.1) is 0 Å². The molecule has 1 unspecified atom stereocenters. The second kappa shape index (κ2) is 38.4. The number of fused-ring (bicyclic) bond motifs is 2. The zero-order valence-corrected chi connectivity index (χ0v) is 62.7. The van der Waals surface area contributed by atoms with Gasteiger partial charge in [0.2, 0.25) is 35.4 Å². The molecule has 26 nitrogen and oxygen atoms in total. The van der Waals surface area contributed by atoms with Crippen LogP contribution >= 0.6 is 0 Å². The van der Waals surface area contributed by atoms with Gasteiger partial charge in [0.1, 0.15) is 71.5 Å². The topological polar surface area (TPSA) is 364 Å². The molecule has 3 aliphatic carbocycles. The van der Waals surface area contributed by atoms with Gasteiger partial charge in [-0.05, 0) is 92.2 Å². The molecule has 9 rings (SSSR count). The number of carbonyl (C=O) groups excluding carboxylic acids is 8. The number of aromatic nitrogens is 2. The lowest BCUT2D eigenvalue weighted by Crippen LogP contribution is -2.56. The molecule has 6 amide bonds. The molecule has 0 radical (unpaired) electrons. The average Bonchev–Trinajstić information content (AvgIpc) is 1.64. The molecule has 26 heteroatoms. The molecule has 2 aromatic heterocycles. The van der Waals surface area contributed by atoms with E-state index in [1.165, 1.54) is 20.3 Å². The Balaban J connectivity index is 0.000000270. The van der Waals surface area contributed by atoms with Gasteiger partial charge < -0.3 is 70.5 Å². The number of hydrogen-bond donors (Lipinski definition) is 8. The van der Waals surface area contributed by atoms with E-state index in [-0.39, 0.29) is 48.7 Å². The number of carbonyl (C=O) groups is 10. The molecule has 6 aromatic rings. The predicted octanol–water partition coefficient (Wildman–Crippen LogP) is 9.78. The van der Waals surface area contributed by atoms with Crippen LogP contribution in [0.4, 0.5) is 0 Å². The van der Waals surface area contributed by atoms with Gasteiger partial charge in [-0.2, -0.15) is 0 Å². The highest BCUT2D eigenvalue weighted by Gasteiger charge is 2.43. The first-order valence-corrected chi connectivity index (χ1v) is 36.5. The molecule has 107 heavy (non-hydrogen) atoms. The normalized spacial score (nSPS) is 18.2. The first-order valence-electron chi connectivity index (χ1n) is 36.5. The molecular weight excluding hydrogens is 1370 g/mol. The van der Waals surface area contributed by atoms with Crippen molar-refractivity contribution in [3.63, 3.8) is 0 Å². The van der Waals surface area contributed by atoms with E-state index in [0.29, 0.717) is 62.6 Å². The largest absolute Gasteiger partial charge is 0.497 e. The number of hydrogen-bond acceptors (Lipinski definition) is 18. The second-order valence-electron chi connectivity index (χ2n) is 27.8. The highest BCUT2D eigenvalue weighted by atomic mass is 16.5. The predicted molar refractivity (Wildman–Crippen MR) is 400 cm³/mol. The summed E-state index contributed by atoms with van der Waals surface area (Å²) in [6, 6.07) is 27.2. The Bertz CT molecular complexity index is 4240. The van der Waals surface area contributed by atoms with Gasteiger partial charge in [0, 0.05) is 70.2 Å². The summed E-state index contributed by atoms with van der Waals surface area (Å²) in [4.78, 5) is 142. The molecule has 1 saturated carbocycles. The van der Waals surface area contributed by atoms with Crippen LogP contribution in [0.2, 0.25) is 0 Å². The summed E-state index contributed by atoms with van der Waals surface area (Å²) in [6.45, 7) is 14.1. The van der Waals surface area contributed by atoms with Crippen molar-refractivity contribution in [2.24, 2.45) is 35.5 Å². The Hall–Kier alpha value is -10.9. The van der Waals surface area contributed by atoms with Crippen LogP contribution in [0.5, 0.6) is 23.0 Å². The Morgan fingerprint density at radius 1 is 0.495 bits per heavy atom. The van der Waals surface area contributed by atoms with Gasteiger partial charge in [-0.25, -0.2) is 29.1 Å². The van der Waals surface area contributed by atoms with E-state index in [2.05, 4.69) is 31.9 Å². The fourth-order valence-electron chi connectivity index (χ4n) is 13.6. The number of nitrogens with one attached hydrogen (secondary N) is 6. The van der Waals surface area contributed by atoms with Gasteiger partial charge >= 0.3 is 23.9 Å². The van der Waals surface area contributed by atoms with Gasteiger partial charge in [-0.3, -0.25) is 28.8 Å². The number of aliphatic carboxylic acids is 2. The summed E-state index contributed by atoms with van der Waals surface area (Å²) >= 11 is 0. The quantitative estimate of drug-likeness (QED) is 0.0182. The van der Waals surface area contributed by atoms with Crippen LogP contribution in [-0.4, -0.2) is 156 Å². The number of benzene rings is 4. The van der Waals surface area contributed by atoms with Crippen molar-refractivity contribution >= 4 is 81.1 Å². The van der Waals surface area contributed by atoms with Crippen molar-refractivity contribution in [1.82, 2.24) is 41.9 Å². The van der Waals surface area contributed by atoms with Crippen LogP contribution in [0.15, 0.2) is 132 Å². The number of methoxy groups -OCH3 is 4. The summed E-state index contributed by atoms with van der Waals surface area (Å²) in [5, 5.41) is 37.0. The molecule has 0 spiro atoms. The molecular formula is C81H100N8O18. The number of amides is 6. The third-order valence-corrected chi connectivity index (χ3v) is 19.7. The van der Waals surface area contributed by atoms with Gasteiger partial charge in [0.15, 0.2) is 0 Å². The van der Waals surface area contributed by atoms with Crippen molar-refractivity contribution < 1.29 is 86.6 Å². The highest BCUT2D eigenvalue weighted by molar-refractivity contribution is 6.05. The minimum Gasteiger partial charge on any atom is -0.497 e. The molecule has 8 N–H and O–H groups in total. The molecule has 0 aliphatic heterocycles. The lowest BCUT2D eigenvalue weighted by Gasteiger charge is -2.31. The minimum absolute atomic E-state index is 0.0166. The Labute approximate surface area is 623 Å². The van der Waals surface area contributed by atoms with Crippen LogP contribution in [0.1, 0.15) is 126 Å². The first kappa shape index (κ1) is 81.7. The zero-order valence-electron chi connectivity index (χ0n) is 62.7. The summed E-state index contributed by atoms with van der Waals surface area (Å²) in [7, 11) is 5.66. The highest BCUT2D eigenvalue weighted by Crippen LogP contribution is 2.39. The maximum absolute atomic E-state index is 14.1. The smallest absolute Gasteiger partial charge is 0.328 e. The maximum atomic E-state index is 14.1. The Morgan fingerprint density at radius 2 is 0.916 bits per heavy atom. The molecule has 4 aromatic carbocycles. The van der Waals surface area contributed by atoms with E-state index >= 15 is 0 Å². The third kappa shape index (κ3) is 21.0. The zero-order chi connectivity index (χ0) is 77.8. The van der Waals surface area contributed by atoms with Crippen molar-refractivity contribution in [3.8, 4) is 45.5 Å². The lowest BCUT2D eigenvalue weighted by atomic mass is 9.83. The van der Waals surface area contributed by atoms with Gasteiger partial charge in [-0.1, -0.05) is 142 Å². The Morgan fingerprint density at radius 3 is 1.29 bits per heavy atom. The lowest BCUT2D eigenvalue weighted by molar-refractivity contribution is -0.147. The molecule has 572 valence electrons. The first-order chi connectivity index (χ1) is 51.2. The minimum atomic E-state index is -1.21. The summed E-state index contributed by atoms with van der Waals surface area (Å²) in [5.41, 5.74) is 4.24. The number of nitrogens with zero attached hydrogens (tertiary/aromatic N) is 2. The van der Waals surface area contributed by atoms with Crippen molar-refractivity contribution in [2.45, 2.75) is 174 Å². The third-order valence-electron chi connectivity index (χ3n) is 19.7. The van der Waals surface area contributed by atoms with Crippen LogP contribution in [-0.2, 0) is 57.4 Å². The summed E-state index contributed by atoms with van der Waals surface area (Å²) in [5.74, 6) is -8.56. The Kier molecular flexibility index (Phi) is 29.3. The number of esters is 2. The van der Waals surface area contributed by atoms with E-state index in [0.717, 1.165) is 49.7 Å². The van der Waals surface area contributed by atoms with Crippen molar-refractivity contribution in [2.75, 3.05) is 28.4 Å². The molecule has 0 bridgehead atoms. The van der Waals surface area contributed by atoms with Crippen LogP contribution < -0.4 is 50.8 Å². The van der Waals surface area contributed by atoms with Gasteiger partial charge in [0.25, 0.3) is 0 Å². The van der Waals surface area contributed by atoms with E-state index < -0.39 is 131 Å². The standard InChI is InChI=1S/C41H50N4O9.C40H50N4O9/c1-6-31(40(49)50)43-37(46)29-19-27(54-34-22-32(24-13-9-7-10-14-24)42-33-21-26(52-4)17-18-28(33)34)20-30(29)38(47)44-35(23(2)3)39(48)45-36(41(51)53-5)25-15-11-8-12-16-25;1-8-13-23(5)35(40(50)52-7)44-38(47)34(22(3)4)43-37(46)29-19-26(18-28(29)36(45)42-30(9-2)39(48)49)53-33-21-31(24-14-11-10-12-15-24)41-32-20-25(51-6)16-17-27(32)33/h7,9-10,13-14,17-18,20-23,25,27,29,31,35-36H,6,8,11-12,15-16,19H2,1-5H3,(H,43,46)(H,44,47)(H,45,48)(H,49,50);10-12,14-17,19-23,26,28,30,34-35H,8-9,13,18H2,1-7H3,(H,42,45)(H,43,46)(H,44,47)(H,48,49)/t27-,29-,31+,35-,36-;23?,26-,28-,30-,34+,35+/m10/s1. The number of pyridine rings is 2. The second-order valence-corrected chi connectivity index (χ2v) is 27.8. The molecule has 2 heterocycles. The van der Waals surface area contributed by atoms with E-state index in [1.54, 1.807) is 98.2 Å². The van der Waals surface area contributed by atoms with E-state index in [9.17, 15) is 58.2 Å². The number of carboxylic acids is 2. The van der Waals surface area contributed by atoms with Crippen molar-refractivity contribution in [1.29, 1.82) is 0 Å². The monoisotopic (exact) mass is 1470 g/mol.